The van der Waals surface area contributed by atoms with Crippen LogP contribution in [-0.4, -0.2) is 26.6 Å². The number of hydrogen-bond acceptors (Lipinski definition) is 6. The molecule has 1 aromatic carbocycles. The fourth-order valence-corrected chi connectivity index (χ4v) is 2.75. The number of hydrazone groups is 1. The van der Waals surface area contributed by atoms with Crippen molar-refractivity contribution < 1.29 is 9.72 Å². The highest BCUT2D eigenvalue weighted by Gasteiger charge is 2.16. The van der Waals surface area contributed by atoms with E-state index in [1.54, 1.807) is 22.8 Å². The molecule has 3 rings (SSSR count). The van der Waals surface area contributed by atoms with Gasteiger partial charge in [-0.05, 0) is 32.0 Å². The van der Waals surface area contributed by atoms with Gasteiger partial charge in [0.1, 0.15) is 11.2 Å². The van der Waals surface area contributed by atoms with E-state index in [1.807, 2.05) is 13.8 Å². The topological polar surface area (TPSA) is 119 Å². The summed E-state index contributed by atoms with van der Waals surface area (Å²) in [5.74, 6) is -0.704. The quantitative estimate of drug-likeness (QED) is 0.415. The molecule has 0 bridgehead atoms. The highest BCUT2D eigenvalue weighted by Crippen LogP contribution is 2.15. The van der Waals surface area contributed by atoms with E-state index in [4.69, 9.17) is 0 Å². The molecule has 0 aliphatic carbocycles. The Morgan fingerprint density at radius 3 is 2.79 bits per heavy atom. The standard InChI is InChI=1S/C19H17N5O4/c1-3-23-11-15(17(25)14-9-8-12(2)21-18(14)23)19(26)22-20-10-13-6-4-5-7-16(13)24(27)28/h4-11H,3H2,1-2H3,(H,22,26)/b20-10+. The molecule has 0 radical (unpaired) electrons. The molecule has 2 heterocycles. The molecule has 2 aromatic heterocycles. The van der Waals surface area contributed by atoms with Gasteiger partial charge in [0.2, 0.25) is 5.43 Å². The van der Waals surface area contributed by atoms with Gasteiger partial charge in [0, 0.05) is 24.5 Å². The summed E-state index contributed by atoms with van der Waals surface area (Å²) in [5, 5.41) is 15.1. The Morgan fingerprint density at radius 1 is 1.32 bits per heavy atom. The molecule has 142 valence electrons. The summed E-state index contributed by atoms with van der Waals surface area (Å²) >= 11 is 0. The van der Waals surface area contributed by atoms with Gasteiger partial charge in [-0.1, -0.05) is 12.1 Å². The van der Waals surface area contributed by atoms with Crippen molar-refractivity contribution in [2.24, 2.45) is 5.10 Å². The highest BCUT2D eigenvalue weighted by molar-refractivity contribution is 5.97. The van der Waals surface area contributed by atoms with Crippen LogP contribution in [0.25, 0.3) is 11.0 Å². The Labute approximate surface area is 159 Å². The first-order valence-electron chi connectivity index (χ1n) is 8.50. The molecule has 0 aliphatic rings. The van der Waals surface area contributed by atoms with Gasteiger partial charge in [0.05, 0.1) is 22.1 Å². The minimum atomic E-state index is -0.704. The van der Waals surface area contributed by atoms with E-state index in [-0.39, 0.29) is 16.8 Å². The van der Waals surface area contributed by atoms with Crippen molar-refractivity contribution in [3.63, 3.8) is 0 Å². The predicted molar refractivity (Wildman–Crippen MR) is 105 cm³/mol. The molecular weight excluding hydrogens is 362 g/mol. The maximum absolute atomic E-state index is 12.7. The fourth-order valence-electron chi connectivity index (χ4n) is 2.75. The summed E-state index contributed by atoms with van der Waals surface area (Å²) in [6.07, 6.45) is 2.60. The number of carbonyl (C=O) groups excluding carboxylic acids is 1. The molecule has 0 spiro atoms. The van der Waals surface area contributed by atoms with Crippen molar-refractivity contribution in [3.8, 4) is 0 Å². The first-order valence-corrected chi connectivity index (χ1v) is 8.50. The number of aromatic nitrogens is 2. The summed E-state index contributed by atoms with van der Waals surface area (Å²) in [6.45, 7) is 4.22. The van der Waals surface area contributed by atoms with Crippen molar-refractivity contribution >= 4 is 28.8 Å². The summed E-state index contributed by atoms with van der Waals surface area (Å²) in [5.41, 5.74) is 3.09. The molecule has 0 saturated heterocycles. The molecule has 0 aliphatic heterocycles. The third-order valence-electron chi connectivity index (χ3n) is 4.15. The summed E-state index contributed by atoms with van der Waals surface area (Å²) in [6, 6.07) is 9.33. The number of carbonyl (C=O) groups is 1. The van der Waals surface area contributed by atoms with Crippen molar-refractivity contribution in [1.82, 2.24) is 15.0 Å². The monoisotopic (exact) mass is 379 g/mol. The van der Waals surface area contributed by atoms with E-state index in [1.165, 1.54) is 30.6 Å². The number of amides is 1. The highest BCUT2D eigenvalue weighted by atomic mass is 16.6. The van der Waals surface area contributed by atoms with Gasteiger partial charge in [0.15, 0.2) is 0 Å². The Morgan fingerprint density at radius 2 is 2.07 bits per heavy atom. The lowest BCUT2D eigenvalue weighted by atomic mass is 10.1. The van der Waals surface area contributed by atoms with Gasteiger partial charge in [-0.2, -0.15) is 5.10 Å². The predicted octanol–water partition coefficient (Wildman–Crippen LogP) is 2.40. The van der Waals surface area contributed by atoms with Crippen LogP contribution in [0.2, 0.25) is 0 Å². The van der Waals surface area contributed by atoms with Gasteiger partial charge < -0.3 is 4.57 Å². The van der Waals surface area contributed by atoms with Crippen LogP contribution in [0.15, 0.2) is 52.5 Å². The molecule has 0 fully saturated rings. The SMILES string of the molecule is CCn1cc(C(=O)N/N=C/c2ccccc2[N+](=O)[O-])c(=O)c2ccc(C)nc21. The number of nitrogens with one attached hydrogen (secondary N) is 1. The van der Waals surface area contributed by atoms with Crippen LogP contribution in [0.1, 0.15) is 28.5 Å². The first-order chi connectivity index (χ1) is 13.4. The van der Waals surface area contributed by atoms with Crippen LogP contribution >= 0.6 is 0 Å². The van der Waals surface area contributed by atoms with Gasteiger partial charge in [0.25, 0.3) is 11.6 Å². The fraction of sp³-hybridized carbons (Fsp3) is 0.158. The summed E-state index contributed by atoms with van der Waals surface area (Å²) in [7, 11) is 0. The van der Waals surface area contributed by atoms with E-state index >= 15 is 0 Å². The van der Waals surface area contributed by atoms with Gasteiger partial charge in [-0.25, -0.2) is 10.4 Å². The van der Waals surface area contributed by atoms with Gasteiger partial charge >= 0.3 is 0 Å². The average molecular weight is 379 g/mol. The molecule has 9 heteroatoms. The molecule has 1 amide bonds. The Kier molecular flexibility index (Phi) is 5.25. The summed E-state index contributed by atoms with van der Waals surface area (Å²) < 4.78 is 1.71. The molecule has 28 heavy (non-hydrogen) atoms. The van der Waals surface area contributed by atoms with Crippen LogP contribution in [0.5, 0.6) is 0 Å². The second-order valence-corrected chi connectivity index (χ2v) is 6.00. The molecule has 0 saturated carbocycles. The lowest BCUT2D eigenvalue weighted by Gasteiger charge is -2.10. The van der Waals surface area contributed by atoms with Crippen molar-refractivity contribution in [2.75, 3.05) is 0 Å². The third-order valence-corrected chi connectivity index (χ3v) is 4.15. The number of rotatable bonds is 5. The maximum atomic E-state index is 12.7. The zero-order valence-corrected chi connectivity index (χ0v) is 15.2. The molecular formula is C19H17N5O4. The number of fused-ring (bicyclic) bond motifs is 1. The van der Waals surface area contributed by atoms with Crippen molar-refractivity contribution in [3.05, 3.63) is 79.8 Å². The minimum absolute atomic E-state index is 0.0836. The summed E-state index contributed by atoms with van der Waals surface area (Å²) in [4.78, 5) is 40.0. The van der Waals surface area contributed by atoms with Crippen LogP contribution in [-0.2, 0) is 6.54 Å². The van der Waals surface area contributed by atoms with Crippen LogP contribution < -0.4 is 10.9 Å². The van der Waals surface area contributed by atoms with Crippen LogP contribution in [0.4, 0.5) is 5.69 Å². The number of hydrogen-bond donors (Lipinski definition) is 1. The number of pyridine rings is 2. The second kappa shape index (κ2) is 7.78. The van der Waals surface area contributed by atoms with E-state index in [9.17, 15) is 19.7 Å². The van der Waals surface area contributed by atoms with E-state index < -0.39 is 16.3 Å². The van der Waals surface area contributed by atoms with Crippen LogP contribution in [0, 0.1) is 17.0 Å². The number of benzene rings is 1. The van der Waals surface area contributed by atoms with Gasteiger partial charge in [-0.3, -0.25) is 19.7 Å². The van der Waals surface area contributed by atoms with Crippen molar-refractivity contribution in [2.45, 2.75) is 20.4 Å². The first kappa shape index (κ1) is 18.9. The minimum Gasteiger partial charge on any atom is -0.332 e. The largest absolute Gasteiger partial charge is 0.332 e. The Hall–Kier alpha value is -3.88. The Balaban J connectivity index is 1.92. The zero-order valence-electron chi connectivity index (χ0n) is 15.2. The third kappa shape index (κ3) is 3.63. The smallest absolute Gasteiger partial charge is 0.278 e. The normalized spacial score (nSPS) is 11.1. The number of aryl methyl sites for hydroxylation is 2. The number of nitro groups is 1. The lowest BCUT2D eigenvalue weighted by Crippen LogP contribution is -2.27. The molecule has 3 aromatic rings. The average Bonchev–Trinajstić information content (AvgIpc) is 2.68. The molecule has 1 N–H and O–H groups in total. The van der Waals surface area contributed by atoms with E-state index in [0.29, 0.717) is 17.6 Å². The number of nitro benzene ring substituents is 1. The number of para-hydroxylation sites is 1. The molecule has 0 atom stereocenters. The zero-order chi connectivity index (χ0) is 20.3. The maximum Gasteiger partial charge on any atom is 0.278 e. The van der Waals surface area contributed by atoms with Crippen molar-refractivity contribution in [1.29, 1.82) is 0 Å². The second-order valence-electron chi connectivity index (χ2n) is 6.00. The lowest BCUT2D eigenvalue weighted by molar-refractivity contribution is -0.385. The molecule has 0 unspecified atom stereocenters. The number of nitrogens with zero attached hydrogens (tertiary/aromatic N) is 4. The molecule has 9 nitrogen and oxygen atoms in total. The Bertz CT molecular complexity index is 1170. The van der Waals surface area contributed by atoms with E-state index in [0.717, 1.165) is 5.69 Å². The van der Waals surface area contributed by atoms with E-state index in [2.05, 4.69) is 15.5 Å². The van der Waals surface area contributed by atoms with Gasteiger partial charge in [-0.15, -0.1) is 0 Å². The van der Waals surface area contributed by atoms with Crippen LogP contribution in [0.3, 0.4) is 0 Å².